The Morgan fingerprint density at radius 3 is 2.42 bits per heavy atom. The number of fused-ring (bicyclic) bond motifs is 2. The first-order valence-corrected chi connectivity index (χ1v) is 9.31. The van der Waals surface area contributed by atoms with Gasteiger partial charge >= 0.3 is 0 Å². The minimum absolute atomic E-state index is 0.166. The lowest BCUT2D eigenvalue weighted by Crippen LogP contribution is -2.57. The van der Waals surface area contributed by atoms with Gasteiger partial charge in [-0.15, -0.1) is 0 Å². The Labute approximate surface area is 146 Å². The summed E-state index contributed by atoms with van der Waals surface area (Å²) in [5.74, 6) is 0.844. The number of hydrogen-bond acceptors (Lipinski definition) is 2. The fraction of sp³-hybridized carbons (Fsp3) is 0.455. The lowest BCUT2D eigenvalue weighted by molar-refractivity contribution is 0.0833. The van der Waals surface area contributed by atoms with Crippen LogP contribution in [0.3, 0.4) is 0 Å². The number of rotatable bonds is 4. The SMILES string of the molecule is C[C@H](c1ccccc1)N1CC2CCCC1(N(C)c1ccccc1)C2. The van der Waals surface area contributed by atoms with Crippen molar-refractivity contribution in [2.45, 2.75) is 44.3 Å². The summed E-state index contributed by atoms with van der Waals surface area (Å²) >= 11 is 0. The molecule has 1 aliphatic carbocycles. The van der Waals surface area contributed by atoms with E-state index in [1.807, 2.05) is 0 Å². The van der Waals surface area contributed by atoms with Crippen molar-refractivity contribution >= 4 is 5.69 Å². The summed E-state index contributed by atoms with van der Waals surface area (Å²) in [6.45, 7) is 3.61. The molecule has 2 fully saturated rings. The van der Waals surface area contributed by atoms with Crippen molar-refractivity contribution in [2.75, 3.05) is 18.5 Å². The van der Waals surface area contributed by atoms with Gasteiger partial charge in [0.15, 0.2) is 0 Å². The second kappa shape index (κ2) is 6.25. The minimum Gasteiger partial charge on any atom is -0.356 e. The molecule has 2 aromatic carbocycles. The van der Waals surface area contributed by atoms with E-state index in [1.54, 1.807) is 0 Å². The van der Waals surface area contributed by atoms with Gasteiger partial charge in [0.1, 0.15) is 0 Å². The highest BCUT2D eigenvalue weighted by molar-refractivity contribution is 5.48. The van der Waals surface area contributed by atoms with E-state index in [-0.39, 0.29) is 5.66 Å². The van der Waals surface area contributed by atoms with Gasteiger partial charge in [-0.05, 0) is 56.2 Å². The molecular weight excluding hydrogens is 292 g/mol. The zero-order valence-corrected chi connectivity index (χ0v) is 14.9. The molecule has 1 heterocycles. The highest BCUT2D eigenvalue weighted by Crippen LogP contribution is 2.50. The zero-order valence-electron chi connectivity index (χ0n) is 14.9. The normalized spacial score (nSPS) is 27.8. The summed E-state index contributed by atoms with van der Waals surface area (Å²) in [6, 6.07) is 22.4. The molecule has 24 heavy (non-hydrogen) atoms. The lowest BCUT2D eigenvalue weighted by atomic mass is 9.84. The Morgan fingerprint density at radius 2 is 1.71 bits per heavy atom. The molecule has 0 radical (unpaired) electrons. The number of likely N-dealkylation sites (tertiary alicyclic amines) is 1. The molecule has 1 aliphatic heterocycles. The van der Waals surface area contributed by atoms with Gasteiger partial charge in [-0.3, -0.25) is 4.90 Å². The topological polar surface area (TPSA) is 6.48 Å². The van der Waals surface area contributed by atoms with Crippen LogP contribution in [0.1, 0.15) is 44.2 Å². The summed E-state index contributed by atoms with van der Waals surface area (Å²) in [5.41, 5.74) is 2.94. The quantitative estimate of drug-likeness (QED) is 0.774. The van der Waals surface area contributed by atoms with Crippen LogP contribution < -0.4 is 4.90 Å². The van der Waals surface area contributed by atoms with Crippen LogP contribution in [0.15, 0.2) is 60.7 Å². The maximum atomic E-state index is 2.78. The molecule has 2 unspecified atom stereocenters. The average Bonchev–Trinajstić information content (AvgIpc) is 2.92. The van der Waals surface area contributed by atoms with Gasteiger partial charge in [-0.25, -0.2) is 0 Å². The van der Waals surface area contributed by atoms with E-state index in [1.165, 1.54) is 43.5 Å². The van der Waals surface area contributed by atoms with E-state index in [2.05, 4.69) is 84.4 Å². The molecule has 2 nitrogen and oxygen atoms in total. The van der Waals surface area contributed by atoms with Crippen molar-refractivity contribution < 1.29 is 0 Å². The number of benzene rings is 2. The van der Waals surface area contributed by atoms with Crippen molar-refractivity contribution in [1.82, 2.24) is 4.90 Å². The maximum Gasteiger partial charge on any atom is 0.0938 e. The predicted molar refractivity (Wildman–Crippen MR) is 101 cm³/mol. The molecule has 2 heteroatoms. The summed E-state index contributed by atoms with van der Waals surface area (Å²) in [4.78, 5) is 5.35. The summed E-state index contributed by atoms with van der Waals surface area (Å²) in [7, 11) is 2.30. The standard InChI is InChI=1S/C22H28N2/c1-18(20-11-5-3-6-12-20)24-17-19-10-9-15-22(24,16-19)23(2)21-13-7-4-8-14-21/h3-8,11-14,18-19H,9-10,15-17H2,1-2H3/t18-,19?,22?/m1/s1. The van der Waals surface area contributed by atoms with E-state index < -0.39 is 0 Å². The highest BCUT2D eigenvalue weighted by atomic mass is 15.4. The monoisotopic (exact) mass is 320 g/mol. The van der Waals surface area contributed by atoms with Gasteiger partial charge in [0.2, 0.25) is 0 Å². The molecule has 126 valence electrons. The number of nitrogens with zero attached hydrogens (tertiary/aromatic N) is 2. The molecule has 4 rings (SSSR count). The van der Waals surface area contributed by atoms with Gasteiger partial charge in [0.25, 0.3) is 0 Å². The summed E-state index contributed by atoms with van der Waals surface area (Å²) in [6.07, 6.45) is 5.31. The summed E-state index contributed by atoms with van der Waals surface area (Å²) < 4.78 is 0. The Balaban J connectivity index is 1.70. The maximum absolute atomic E-state index is 2.78. The van der Waals surface area contributed by atoms with Crippen LogP contribution in [-0.4, -0.2) is 24.2 Å². The van der Waals surface area contributed by atoms with Crippen molar-refractivity contribution in [3.8, 4) is 0 Å². The molecule has 2 bridgehead atoms. The van der Waals surface area contributed by atoms with Crippen LogP contribution >= 0.6 is 0 Å². The van der Waals surface area contributed by atoms with Crippen molar-refractivity contribution in [3.63, 3.8) is 0 Å². The Hall–Kier alpha value is -1.80. The van der Waals surface area contributed by atoms with Gasteiger partial charge in [-0.2, -0.15) is 0 Å². The molecule has 0 amide bonds. The molecule has 1 saturated heterocycles. The van der Waals surface area contributed by atoms with Crippen LogP contribution in [0, 0.1) is 5.92 Å². The van der Waals surface area contributed by atoms with E-state index in [0.29, 0.717) is 6.04 Å². The van der Waals surface area contributed by atoms with Crippen molar-refractivity contribution in [1.29, 1.82) is 0 Å². The fourth-order valence-corrected chi connectivity index (χ4v) is 5.02. The van der Waals surface area contributed by atoms with E-state index in [4.69, 9.17) is 0 Å². The van der Waals surface area contributed by atoms with Gasteiger partial charge in [-0.1, -0.05) is 48.5 Å². The summed E-state index contributed by atoms with van der Waals surface area (Å²) in [5, 5.41) is 0. The molecule has 0 aromatic heterocycles. The lowest BCUT2D eigenvalue weighted by Gasteiger charge is -2.50. The third-order valence-electron chi connectivity index (χ3n) is 6.31. The van der Waals surface area contributed by atoms with Crippen LogP contribution in [0.25, 0.3) is 0 Å². The van der Waals surface area contributed by atoms with Crippen molar-refractivity contribution in [2.24, 2.45) is 5.92 Å². The molecule has 2 aromatic rings. The number of hydrogen-bond donors (Lipinski definition) is 0. The number of para-hydroxylation sites is 1. The first-order valence-electron chi connectivity index (χ1n) is 9.31. The number of anilines is 1. The van der Waals surface area contributed by atoms with Crippen molar-refractivity contribution in [3.05, 3.63) is 66.2 Å². The smallest absolute Gasteiger partial charge is 0.0938 e. The van der Waals surface area contributed by atoms with E-state index in [9.17, 15) is 0 Å². The van der Waals surface area contributed by atoms with Crippen LogP contribution in [0.2, 0.25) is 0 Å². The second-order valence-electron chi connectivity index (χ2n) is 7.58. The first-order chi connectivity index (χ1) is 11.7. The van der Waals surface area contributed by atoms with Gasteiger partial charge < -0.3 is 4.90 Å². The van der Waals surface area contributed by atoms with Crippen LogP contribution in [0.5, 0.6) is 0 Å². The average molecular weight is 320 g/mol. The molecule has 0 spiro atoms. The predicted octanol–water partition coefficient (Wildman–Crippen LogP) is 5.09. The second-order valence-corrected chi connectivity index (χ2v) is 7.58. The zero-order chi connectivity index (χ0) is 16.6. The van der Waals surface area contributed by atoms with Gasteiger partial charge in [0.05, 0.1) is 5.66 Å². The minimum atomic E-state index is 0.166. The first kappa shape index (κ1) is 15.7. The van der Waals surface area contributed by atoms with E-state index in [0.717, 1.165) is 5.92 Å². The molecule has 0 N–H and O–H groups in total. The molecular formula is C22H28N2. The molecule has 3 atom stereocenters. The molecule has 1 saturated carbocycles. The Bertz CT molecular complexity index is 669. The van der Waals surface area contributed by atoms with Crippen LogP contribution in [0.4, 0.5) is 5.69 Å². The Kier molecular flexibility index (Phi) is 4.09. The third kappa shape index (κ3) is 2.53. The van der Waals surface area contributed by atoms with Gasteiger partial charge in [0, 0.05) is 25.3 Å². The van der Waals surface area contributed by atoms with E-state index >= 15 is 0 Å². The van der Waals surface area contributed by atoms with Crippen LogP contribution in [-0.2, 0) is 0 Å². The third-order valence-corrected chi connectivity index (χ3v) is 6.31. The highest BCUT2D eigenvalue weighted by Gasteiger charge is 2.52. The largest absolute Gasteiger partial charge is 0.356 e. The Morgan fingerprint density at radius 1 is 1.04 bits per heavy atom. The fourth-order valence-electron chi connectivity index (χ4n) is 5.02. The molecule has 2 aliphatic rings.